The van der Waals surface area contributed by atoms with Crippen molar-refractivity contribution >= 4 is 75.6 Å². The number of hydrogen-bond acceptors (Lipinski definition) is 5. The van der Waals surface area contributed by atoms with E-state index in [2.05, 4.69) is 16.8 Å². The molecule has 3 fully saturated rings. The maximum absolute atomic E-state index is 15.1. The molecule has 1 N–H and O–H groups in total. The molecule has 2 aromatic rings. The van der Waals surface area contributed by atoms with Crippen LogP contribution in [-0.4, -0.2) is 48.4 Å². The van der Waals surface area contributed by atoms with Gasteiger partial charge in [-0.25, -0.2) is 0 Å². The summed E-state index contributed by atoms with van der Waals surface area (Å²) >= 11 is 26.0. The first-order valence-electron chi connectivity index (χ1n) is 14.3. The molecule has 2 amide bonds. The average Bonchev–Trinajstić information content (AvgIpc) is 3.35. The third-order valence-electron chi connectivity index (χ3n) is 9.17. The minimum Gasteiger partial charge on any atom is -0.461 e. The van der Waals surface area contributed by atoms with Crippen molar-refractivity contribution in [2.75, 3.05) is 29.9 Å². The van der Waals surface area contributed by atoms with Gasteiger partial charge in [0, 0.05) is 45.5 Å². The topological polar surface area (TPSA) is 79.0 Å². The number of hydrogen-bond donors (Lipinski definition) is 1. The highest BCUT2D eigenvalue weighted by atomic mass is 35.5. The van der Waals surface area contributed by atoms with Gasteiger partial charge in [0.2, 0.25) is 5.91 Å². The van der Waals surface area contributed by atoms with Crippen molar-refractivity contribution in [3.8, 4) is 0 Å². The normalized spacial score (nSPS) is 26.8. The molecule has 4 atom stereocenters. The number of carbonyl (C=O) groups is 3. The molecule has 228 valence electrons. The number of anilines is 2. The van der Waals surface area contributed by atoms with Gasteiger partial charge in [0.05, 0.1) is 16.6 Å². The van der Waals surface area contributed by atoms with Crippen molar-refractivity contribution in [1.29, 1.82) is 0 Å². The quantitative estimate of drug-likeness (QED) is 0.258. The number of fused-ring (bicyclic) bond motifs is 4. The number of carbonyl (C=O) groups excluding carboxylic acids is 3. The zero-order valence-corrected chi connectivity index (χ0v) is 27.2. The van der Waals surface area contributed by atoms with Crippen LogP contribution in [0.3, 0.4) is 0 Å². The molecule has 1 saturated carbocycles. The highest BCUT2D eigenvalue weighted by Crippen LogP contribution is 2.66. The fraction of sp³-hybridized carbons (Fsp3) is 0.469. The molecule has 0 radical (unpaired) electrons. The Balaban J connectivity index is 1.57. The van der Waals surface area contributed by atoms with E-state index in [1.54, 1.807) is 35.2 Å². The summed E-state index contributed by atoms with van der Waals surface area (Å²) in [5, 5.41) is 4.30. The number of nitrogens with zero attached hydrogens (tertiary/aromatic N) is 2. The monoisotopic (exact) mass is 663 g/mol. The summed E-state index contributed by atoms with van der Waals surface area (Å²) in [6, 6.07) is 7.82. The standard InChI is InChI=1S/C32H33Cl4N3O4/c1-5-8-43-28(41)25-24(27(40)38(15-30(2,3)4)20-10-17(33)9-18(34)11-20)23-14-31(6-7-31)16-39(23)32(25)21-12-19(35)13-22(36)26(21)37-29(32)42/h5,9-13,23-25H,1,6-8,14-16H2,2-4H3,(H,37,42)/t23-,24+,25-,32+/m0/s1. The average molecular weight is 665 g/mol. The van der Waals surface area contributed by atoms with E-state index in [1.807, 2.05) is 20.8 Å². The van der Waals surface area contributed by atoms with Crippen LogP contribution in [0.15, 0.2) is 43.0 Å². The summed E-state index contributed by atoms with van der Waals surface area (Å²) in [4.78, 5) is 47.4. The van der Waals surface area contributed by atoms with Gasteiger partial charge in [0.15, 0.2) is 0 Å². The van der Waals surface area contributed by atoms with Gasteiger partial charge in [0.1, 0.15) is 18.1 Å². The molecule has 3 aliphatic heterocycles. The zero-order valence-electron chi connectivity index (χ0n) is 24.2. The smallest absolute Gasteiger partial charge is 0.312 e. The molecule has 0 unspecified atom stereocenters. The Hall–Kier alpha value is -2.29. The first-order chi connectivity index (χ1) is 20.2. The van der Waals surface area contributed by atoms with Crippen molar-refractivity contribution in [2.24, 2.45) is 22.7 Å². The highest BCUT2D eigenvalue weighted by Gasteiger charge is 2.75. The van der Waals surface area contributed by atoms with Crippen LogP contribution >= 0.6 is 46.4 Å². The van der Waals surface area contributed by atoms with Gasteiger partial charge < -0.3 is 15.0 Å². The van der Waals surface area contributed by atoms with E-state index in [-0.39, 0.29) is 28.4 Å². The number of benzene rings is 2. The molecule has 2 aromatic carbocycles. The number of rotatable bonds is 6. The van der Waals surface area contributed by atoms with Gasteiger partial charge in [-0.15, -0.1) is 0 Å². The van der Waals surface area contributed by atoms with Crippen LogP contribution in [0.2, 0.25) is 20.1 Å². The van der Waals surface area contributed by atoms with E-state index >= 15 is 4.79 Å². The largest absolute Gasteiger partial charge is 0.461 e. The number of halogens is 4. The summed E-state index contributed by atoms with van der Waals surface area (Å²) in [6.45, 7) is 10.6. The van der Waals surface area contributed by atoms with E-state index in [4.69, 9.17) is 51.1 Å². The van der Waals surface area contributed by atoms with E-state index < -0.39 is 35.3 Å². The Morgan fingerprint density at radius 2 is 1.74 bits per heavy atom. The fourth-order valence-electron chi connectivity index (χ4n) is 7.43. The Bertz CT molecular complexity index is 1530. The summed E-state index contributed by atoms with van der Waals surface area (Å²) in [7, 11) is 0. The lowest BCUT2D eigenvalue weighted by Crippen LogP contribution is -2.54. The minimum atomic E-state index is -1.54. The molecule has 6 rings (SSSR count). The predicted molar refractivity (Wildman–Crippen MR) is 170 cm³/mol. The van der Waals surface area contributed by atoms with Crippen LogP contribution in [0.25, 0.3) is 0 Å². The molecule has 0 bridgehead atoms. The third-order valence-corrected chi connectivity index (χ3v) is 10.1. The Morgan fingerprint density at radius 1 is 1.09 bits per heavy atom. The Labute approximate surface area is 271 Å². The molecule has 1 aliphatic carbocycles. The van der Waals surface area contributed by atoms with Crippen molar-refractivity contribution in [2.45, 2.75) is 51.6 Å². The number of amides is 2. The molecule has 43 heavy (non-hydrogen) atoms. The first-order valence-corrected chi connectivity index (χ1v) is 15.8. The molecule has 0 aromatic heterocycles. The van der Waals surface area contributed by atoms with Crippen LogP contribution in [0.4, 0.5) is 11.4 Å². The summed E-state index contributed by atoms with van der Waals surface area (Å²) in [5.41, 5.74) is -0.490. The van der Waals surface area contributed by atoms with Crippen LogP contribution in [0.5, 0.6) is 0 Å². The highest BCUT2D eigenvalue weighted by molar-refractivity contribution is 6.38. The van der Waals surface area contributed by atoms with Crippen LogP contribution in [0.1, 0.15) is 45.6 Å². The lowest BCUT2D eigenvalue weighted by Gasteiger charge is -2.37. The summed E-state index contributed by atoms with van der Waals surface area (Å²) in [5.74, 6) is -3.48. The fourth-order valence-corrected chi connectivity index (χ4v) is 8.49. The van der Waals surface area contributed by atoms with Crippen LogP contribution in [0, 0.1) is 22.7 Å². The lowest BCUT2D eigenvalue weighted by atomic mass is 9.72. The predicted octanol–water partition coefficient (Wildman–Crippen LogP) is 7.36. The molecule has 4 aliphatic rings. The second-order valence-corrected chi connectivity index (χ2v) is 15.2. The molecular formula is C32H33Cl4N3O4. The number of nitrogens with one attached hydrogen (secondary N) is 1. The summed E-state index contributed by atoms with van der Waals surface area (Å²) in [6.07, 6.45) is 4.12. The number of esters is 1. The van der Waals surface area contributed by atoms with Crippen molar-refractivity contribution < 1.29 is 19.1 Å². The zero-order chi connectivity index (χ0) is 31.1. The van der Waals surface area contributed by atoms with Crippen LogP contribution < -0.4 is 10.2 Å². The van der Waals surface area contributed by atoms with Crippen LogP contribution in [-0.2, 0) is 24.7 Å². The molecular weight excluding hydrogens is 632 g/mol. The molecule has 11 heteroatoms. The maximum Gasteiger partial charge on any atom is 0.312 e. The van der Waals surface area contributed by atoms with Gasteiger partial charge in [0.25, 0.3) is 5.91 Å². The molecule has 7 nitrogen and oxygen atoms in total. The SMILES string of the molecule is C=CCOC(=O)[C@@H]1[C@H](C(=O)N(CC(C)(C)C)c2cc(Cl)cc(Cl)c2)[C@@H]2CC3(CC3)CN2[C@@]12C(=O)Nc1c(Cl)cc(Cl)cc12. The van der Waals surface area contributed by atoms with Gasteiger partial charge in [-0.1, -0.05) is 79.8 Å². The first kappa shape index (κ1) is 30.7. The van der Waals surface area contributed by atoms with E-state index in [9.17, 15) is 9.59 Å². The van der Waals surface area contributed by atoms with Gasteiger partial charge >= 0.3 is 5.97 Å². The van der Waals surface area contributed by atoms with Gasteiger partial charge in [-0.3, -0.25) is 19.3 Å². The lowest BCUT2D eigenvalue weighted by molar-refractivity contribution is -0.157. The van der Waals surface area contributed by atoms with Crippen molar-refractivity contribution in [3.63, 3.8) is 0 Å². The minimum absolute atomic E-state index is 0.0220. The number of ether oxygens (including phenoxy) is 1. The second-order valence-electron chi connectivity index (χ2n) is 13.5. The second kappa shape index (κ2) is 10.7. The third kappa shape index (κ3) is 5.05. The van der Waals surface area contributed by atoms with E-state index in [1.165, 1.54) is 6.08 Å². The van der Waals surface area contributed by atoms with E-state index in [0.717, 1.165) is 12.8 Å². The van der Waals surface area contributed by atoms with Gasteiger partial charge in [-0.2, -0.15) is 0 Å². The summed E-state index contributed by atoms with van der Waals surface area (Å²) < 4.78 is 5.68. The van der Waals surface area contributed by atoms with Crippen molar-refractivity contribution in [3.05, 3.63) is 68.6 Å². The molecule has 2 saturated heterocycles. The Morgan fingerprint density at radius 3 is 2.35 bits per heavy atom. The molecule has 2 spiro atoms. The van der Waals surface area contributed by atoms with Gasteiger partial charge in [-0.05, 0) is 60.4 Å². The molecule has 3 heterocycles. The Kier molecular flexibility index (Phi) is 7.62. The van der Waals surface area contributed by atoms with E-state index in [0.29, 0.717) is 51.5 Å². The maximum atomic E-state index is 15.1. The van der Waals surface area contributed by atoms with Crippen molar-refractivity contribution in [1.82, 2.24) is 4.90 Å².